The summed E-state index contributed by atoms with van der Waals surface area (Å²) in [7, 11) is 0. The van der Waals surface area contributed by atoms with Crippen LogP contribution in [0.4, 0.5) is 10.1 Å². The molecule has 2 heterocycles. The van der Waals surface area contributed by atoms with E-state index in [1.165, 1.54) is 12.1 Å². The highest BCUT2D eigenvalue weighted by Gasteiger charge is 2.30. The van der Waals surface area contributed by atoms with E-state index in [1.54, 1.807) is 17.4 Å². The van der Waals surface area contributed by atoms with Crippen LogP contribution in [-0.4, -0.2) is 11.8 Å². The molecular formula is C15H13FN2O2S. The van der Waals surface area contributed by atoms with Crippen molar-refractivity contribution in [1.82, 2.24) is 5.32 Å². The Kier molecular flexibility index (Phi) is 3.70. The topological polar surface area (TPSA) is 58.2 Å². The Labute approximate surface area is 125 Å². The van der Waals surface area contributed by atoms with Crippen LogP contribution in [0.2, 0.25) is 0 Å². The average molecular weight is 304 g/mol. The Morgan fingerprint density at radius 1 is 1.43 bits per heavy atom. The molecule has 0 saturated heterocycles. The molecule has 6 heteroatoms. The molecule has 2 amide bonds. The van der Waals surface area contributed by atoms with E-state index < -0.39 is 11.7 Å². The highest BCUT2D eigenvalue weighted by molar-refractivity contribution is 7.09. The van der Waals surface area contributed by atoms with Crippen molar-refractivity contribution in [3.8, 4) is 0 Å². The highest BCUT2D eigenvalue weighted by atomic mass is 32.1. The van der Waals surface area contributed by atoms with Gasteiger partial charge in [-0.2, -0.15) is 0 Å². The van der Waals surface area contributed by atoms with Crippen LogP contribution in [0.1, 0.15) is 22.8 Å². The lowest BCUT2D eigenvalue weighted by atomic mass is 9.89. The van der Waals surface area contributed by atoms with E-state index in [0.717, 1.165) is 4.88 Å². The van der Waals surface area contributed by atoms with Gasteiger partial charge in [-0.25, -0.2) is 4.39 Å². The molecule has 0 fully saturated rings. The summed E-state index contributed by atoms with van der Waals surface area (Å²) in [6.07, 6.45) is 0.0783. The SMILES string of the molecule is O=C1C[C@H](C(=O)NCc2cccs2)c2ccc(F)cc2N1. The minimum Gasteiger partial charge on any atom is -0.351 e. The third-order valence-corrected chi connectivity index (χ3v) is 4.26. The average Bonchev–Trinajstić information content (AvgIpc) is 2.96. The molecule has 1 aliphatic rings. The van der Waals surface area contributed by atoms with Crippen LogP contribution < -0.4 is 10.6 Å². The number of fused-ring (bicyclic) bond motifs is 1. The second kappa shape index (κ2) is 5.65. The molecule has 0 aliphatic carbocycles. The summed E-state index contributed by atoms with van der Waals surface area (Å²) in [6.45, 7) is 0.436. The van der Waals surface area contributed by atoms with E-state index in [2.05, 4.69) is 10.6 Å². The quantitative estimate of drug-likeness (QED) is 0.916. The zero-order chi connectivity index (χ0) is 14.8. The maximum atomic E-state index is 13.2. The van der Waals surface area contributed by atoms with Crippen molar-refractivity contribution in [3.63, 3.8) is 0 Å². The molecule has 0 spiro atoms. The fourth-order valence-corrected chi connectivity index (χ4v) is 3.03. The van der Waals surface area contributed by atoms with Crippen LogP contribution in [0.3, 0.4) is 0 Å². The molecule has 0 unspecified atom stereocenters. The second-order valence-corrected chi connectivity index (χ2v) is 5.87. The van der Waals surface area contributed by atoms with Gasteiger partial charge in [0.05, 0.1) is 12.5 Å². The summed E-state index contributed by atoms with van der Waals surface area (Å²) in [5.41, 5.74) is 1.03. The number of carbonyl (C=O) groups excluding carboxylic acids is 2. The van der Waals surface area contributed by atoms with Gasteiger partial charge >= 0.3 is 0 Å². The Bertz CT molecular complexity index is 685. The molecule has 4 nitrogen and oxygen atoms in total. The van der Waals surface area contributed by atoms with Crippen molar-refractivity contribution in [3.05, 3.63) is 52.0 Å². The van der Waals surface area contributed by atoms with Crippen LogP contribution >= 0.6 is 11.3 Å². The smallest absolute Gasteiger partial charge is 0.228 e. The van der Waals surface area contributed by atoms with Crippen LogP contribution in [0.25, 0.3) is 0 Å². The molecule has 1 aromatic heterocycles. The van der Waals surface area contributed by atoms with Gasteiger partial charge in [-0.05, 0) is 29.1 Å². The highest BCUT2D eigenvalue weighted by Crippen LogP contribution is 2.32. The minimum absolute atomic E-state index is 0.0783. The summed E-state index contributed by atoms with van der Waals surface area (Å²) in [6, 6.07) is 7.95. The molecule has 21 heavy (non-hydrogen) atoms. The van der Waals surface area contributed by atoms with Gasteiger partial charge in [0.15, 0.2) is 0 Å². The van der Waals surface area contributed by atoms with Crippen LogP contribution in [-0.2, 0) is 16.1 Å². The van der Waals surface area contributed by atoms with Crippen LogP contribution in [0.15, 0.2) is 35.7 Å². The Balaban J connectivity index is 1.78. The van der Waals surface area contributed by atoms with E-state index in [1.807, 2.05) is 17.5 Å². The first kappa shape index (κ1) is 13.8. The predicted molar refractivity (Wildman–Crippen MR) is 78.6 cm³/mol. The van der Waals surface area contributed by atoms with Gasteiger partial charge in [-0.3, -0.25) is 9.59 Å². The van der Waals surface area contributed by atoms with Crippen LogP contribution in [0, 0.1) is 5.82 Å². The van der Waals surface area contributed by atoms with Gasteiger partial charge in [-0.15, -0.1) is 11.3 Å². The van der Waals surface area contributed by atoms with Crippen molar-refractivity contribution in [2.24, 2.45) is 0 Å². The van der Waals surface area contributed by atoms with Gasteiger partial charge in [0.1, 0.15) is 5.82 Å². The number of amides is 2. The van der Waals surface area contributed by atoms with Crippen LogP contribution in [0.5, 0.6) is 0 Å². The number of nitrogens with one attached hydrogen (secondary N) is 2. The van der Waals surface area contributed by atoms with E-state index >= 15 is 0 Å². The van der Waals surface area contributed by atoms with Crippen molar-refractivity contribution >= 4 is 28.8 Å². The number of benzene rings is 1. The third kappa shape index (κ3) is 2.95. The number of rotatable bonds is 3. The van der Waals surface area contributed by atoms with E-state index in [4.69, 9.17) is 0 Å². The number of carbonyl (C=O) groups is 2. The van der Waals surface area contributed by atoms with E-state index in [-0.39, 0.29) is 18.2 Å². The van der Waals surface area contributed by atoms with Gasteiger partial charge in [-0.1, -0.05) is 12.1 Å². The van der Waals surface area contributed by atoms with Gasteiger partial charge in [0.2, 0.25) is 11.8 Å². The summed E-state index contributed by atoms with van der Waals surface area (Å²) >= 11 is 1.56. The van der Waals surface area contributed by atoms with Crippen molar-refractivity contribution in [1.29, 1.82) is 0 Å². The fraction of sp³-hybridized carbons (Fsp3) is 0.200. The fourth-order valence-electron chi connectivity index (χ4n) is 2.38. The normalized spacial score (nSPS) is 17.0. The number of anilines is 1. The van der Waals surface area contributed by atoms with Crippen molar-refractivity contribution in [2.75, 3.05) is 5.32 Å². The molecule has 0 radical (unpaired) electrons. The predicted octanol–water partition coefficient (Wildman–Crippen LogP) is 2.63. The summed E-state index contributed by atoms with van der Waals surface area (Å²) in [5.74, 6) is -1.50. The number of thiophene rings is 1. The standard InChI is InChI=1S/C15H13FN2O2S/c16-9-3-4-11-12(7-14(19)18-13(11)6-9)15(20)17-8-10-2-1-5-21-10/h1-6,12H,7-8H2,(H,17,20)(H,18,19)/t12-/m0/s1. The monoisotopic (exact) mass is 304 g/mol. The Morgan fingerprint density at radius 3 is 3.05 bits per heavy atom. The molecule has 0 bridgehead atoms. The minimum atomic E-state index is -0.575. The third-order valence-electron chi connectivity index (χ3n) is 3.39. The lowest BCUT2D eigenvalue weighted by Gasteiger charge is -2.24. The molecule has 2 N–H and O–H groups in total. The molecule has 1 aliphatic heterocycles. The first-order chi connectivity index (χ1) is 10.1. The second-order valence-electron chi connectivity index (χ2n) is 4.83. The number of halogens is 1. The maximum absolute atomic E-state index is 13.2. The lowest BCUT2D eigenvalue weighted by molar-refractivity contribution is -0.126. The first-order valence-electron chi connectivity index (χ1n) is 6.53. The maximum Gasteiger partial charge on any atom is 0.228 e. The zero-order valence-electron chi connectivity index (χ0n) is 11.1. The zero-order valence-corrected chi connectivity index (χ0v) is 11.9. The molecule has 2 aromatic rings. The molecule has 1 aromatic carbocycles. The van der Waals surface area contributed by atoms with E-state index in [9.17, 15) is 14.0 Å². The molecule has 1 atom stereocenters. The largest absolute Gasteiger partial charge is 0.351 e. The van der Waals surface area contributed by atoms with Crippen molar-refractivity contribution in [2.45, 2.75) is 18.9 Å². The molecule has 0 saturated carbocycles. The van der Waals surface area contributed by atoms with E-state index in [0.29, 0.717) is 17.8 Å². The molecule has 3 rings (SSSR count). The number of hydrogen-bond donors (Lipinski definition) is 2. The summed E-state index contributed by atoms with van der Waals surface area (Å²) < 4.78 is 13.2. The Hall–Kier alpha value is -2.21. The molecule has 108 valence electrons. The summed E-state index contributed by atoms with van der Waals surface area (Å²) in [4.78, 5) is 25.0. The first-order valence-corrected chi connectivity index (χ1v) is 7.41. The summed E-state index contributed by atoms with van der Waals surface area (Å²) in [5, 5.41) is 7.37. The number of hydrogen-bond acceptors (Lipinski definition) is 3. The van der Waals surface area contributed by atoms with Gasteiger partial charge < -0.3 is 10.6 Å². The molecular weight excluding hydrogens is 291 g/mol. The van der Waals surface area contributed by atoms with Crippen molar-refractivity contribution < 1.29 is 14.0 Å². The van der Waals surface area contributed by atoms with Gasteiger partial charge in [0, 0.05) is 17.0 Å². The van der Waals surface area contributed by atoms with Gasteiger partial charge in [0.25, 0.3) is 0 Å². The Morgan fingerprint density at radius 2 is 2.29 bits per heavy atom. The lowest BCUT2D eigenvalue weighted by Crippen LogP contribution is -2.34.